The van der Waals surface area contributed by atoms with E-state index in [0.29, 0.717) is 45.3 Å². The van der Waals surface area contributed by atoms with Crippen LogP contribution < -0.4 is 21.1 Å². The number of nitrogens with two attached hydrogens (primary N) is 1. The molecule has 0 aliphatic carbocycles. The molecule has 11 nitrogen and oxygen atoms in total. The van der Waals surface area contributed by atoms with Gasteiger partial charge in [-0.2, -0.15) is 0 Å². The molecule has 54 heavy (non-hydrogen) atoms. The summed E-state index contributed by atoms with van der Waals surface area (Å²) in [4.78, 5) is 43.0. The minimum atomic E-state index is -1.01. The van der Waals surface area contributed by atoms with Gasteiger partial charge in [0.15, 0.2) is 0 Å². The third-order valence-electron chi connectivity index (χ3n) is 8.39. The second-order valence-corrected chi connectivity index (χ2v) is 12.5. The lowest BCUT2D eigenvalue weighted by molar-refractivity contribution is 0.0687. The average molecular weight is 728 g/mol. The molecule has 0 aliphatic heterocycles. The molecule has 274 valence electrons. The molecule has 0 fully saturated rings. The molecule has 6 aromatic rings. The molecule has 0 unspecified atom stereocenters. The Morgan fingerprint density at radius 3 is 1.61 bits per heavy atom. The Morgan fingerprint density at radius 2 is 1.17 bits per heavy atom. The Kier molecular flexibility index (Phi) is 11.7. The van der Waals surface area contributed by atoms with Gasteiger partial charge < -0.3 is 31.3 Å². The summed E-state index contributed by atoms with van der Waals surface area (Å²) in [7, 11) is 1.52. The van der Waals surface area contributed by atoms with Crippen LogP contribution in [0.4, 0.5) is 27.1 Å². The van der Waals surface area contributed by atoms with Crippen molar-refractivity contribution in [1.29, 1.82) is 0 Å². The Balaban J connectivity index is 0.000000208. The van der Waals surface area contributed by atoms with Crippen LogP contribution in [0.2, 0.25) is 0 Å². The predicted octanol–water partition coefficient (Wildman–Crippen LogP) is 8.86. The summed E-state index contributed by atoms with van der Waals surface area (Å²) >= 11 is 0. The first kappa shape index (κ1) is 38.2. The number of carbonyl (C=O) groups excluding carboxylic acids is 1. The SMILES string of the molecule is COc1ccc(F)cc1-c1ncc(Nc2ccc(C)cc2C(=O)O)cc1C.Cc1ccc(Nc2cnc(-c3ccc(C(N)=O)cc3)c(C)c2)c(C(=O)O)c1. The molecule has 2 heterocycles. The number of carboxylic acids is 2. The number of nitrogens with zero attached hydrogens (tertiary/aromatic N) is 2. The zero-order valence-corrected chi connectivity index (χ0v) is 30.2. The first-order valence-corrected chi connectivity index (χ1v) is 16.6. The maximum Gasteiger partial charge on any atom is 0.337 e. The van der Waals surface area contributed by atoms with E-state index in [4.69, 9.17) is 10.5 Å². The van der Waals surface area contributed by atoms with Crippen molar-refractivity contribution in [2.75, 3.05) is 17.7 Å². The molecule has 0 spiro atoms. The van der Waals surface area contributed by atoms with Crippen molar-refractivity contribution >= 4 is 40.6 Å². The van der Waals surface area contributed by atoms with Crippen molar-refractivity contribution < 1.29 is 33.7 Å². The molecule has 0 aliphatic rings. The zero-order chi connectivity index (χ0) is 39.1. The summed E-state index contributed by atoms with van der Waals surface area (Å²) in [6, 6.07) is 25.3. The molecule has 6 N–H and O–H groups in total. The van der Waals surface area contributed by atoms with Gasteiger partial charge in [-0.1, -0.05) is 35.4 Å². The number of methoxy groups -OCH3 is 1. The van der Waals surface area contributed by atoms with Gasteiger partial charge in [-0.05, 0) is 106 Å². The number of pyridine rings is 2. The van der Waals surface area contributed by atoms with Gasteiger partial charge in [0.05, 0.1) is 64.8 Å². The van der Waals surface area contributed by atoms with Gasteiger partial charge in [0.25, 0.3) is 0 Å². The highest BCUT2D eigenvalue weighted by atomic mass is 19.1. The van der Waals surface area contributed by atoms with E-state index >= 15 is 0 Å². The van der Waals surface area contributed by atoms with Gasteiger partial charge in [0.1, 0.15) is 11.6 Å². The minimum Gasteiger partial charge on any atom is -0.496 e. The molecule has 0 radical (unpaired) electrons. The number of halogens is 1. The van der Waals surface area contributed by atoms with Crippen LogP contribution in [0.15, 0.2) is 103 Å². The lowest BCUT2D eigenvalue weighted by Crippen LogP contribution is -2.10. The summed E-state index contributed by atoms with van der Waals surface area (Å²) in [5.74, 6) is -2.32. The molecule has 0 bridgehead atoms. The molecular formula is C42H38FN5O6. The van der Waals surface area contributed by atoms with E-state index < -0.39 is 17.8 Å². The van der Waals surface area contributed by atoms with Crippen LogP contribution in [-0.2, 0) is 0 Å². The monoisotopic (exact) mass is 727 g/mol. The number of carbonyl (C=O) groups is 3. The number of aryl methyl sites for hydroxylation is 4. The molecule has 6 rings (SSSR count). The Morgan fingerprint density at radius 1 is 0.667 bits per heavy atom. The highest BCUT2D eigenvalue weighted by molar-refractivity contribution is 5.96. The van der Waals surface area contributed by atoms with Crippen molar-refractivity contribution in [3.8, 4) is 28.3 Å². The number of amides is 1. The van der Waals surface area contributed by atoms with E-state index in [1.165, 1.54) is 19.2 Å². The van der Waals surface area contributed by atoms with Crippen molar-refractivity contribution in [3.05, 3.63) is 148 Å². The number of ether oxygens (including phenoxy) is 1. The third-order valence-corrected chi connectivity index (χ3v) is 8.39. The number of carboxylic acid groups (broad SMARTS) is 2. The quantitative estimate of drug-likeness (QED) is 0.0916. The summed E-state index contributed by atoms with van der Waals surface area (Å²) in [6.45, 7) is 7.46. The van der Waals surface area contributed by atoms with E-state index in [2.05, 4.69) is 20.6 Å². The van der Waals surface area contributed by atoms with Crippen molar-refractivity contribution in [3.63, 3.8) is 0 Å². The Bertz CT molecular complexity index is 2380. The van der Waals surface area contributed by atoms with Gasteiger partial charge in [0.2, 0.25) is 5.91 Å². The van der Waals surface area contributed by atoms with Crippen LogP contribution in [0.25, 0.3) is 22.5 Å². The Labute approximate surface area is 311 Å². The van der Waals surface area contributed by atoms with Gasteiger partial charge in [-0.15, -0.1) is 0 Å². The van der Waals surface area contributed by atoms with Crippen LogP contribution in [0.3, 0.4) is 0 Å². The van der Waals surface area contributed by atoms with E-state index in [-0.39, 0.29) is 16.9 Å². The fraction of sp³-hybridized carbons (Fsp3) is 0.119. The molecule has 1 amide bonds. The minimum absolute atomic E-state index is 0.184. The lowest BCUT2D eigenvalue weighted by atomic mass is 10.0. The third kappa shape index (κ3) is 9.04. The summed E-state index contributed by atoms with van der Waals surface area (Å²) in [6.07, 6.45) is 3.23. The molecule has 12 heteroatoms. The molecular weight excluding hydrogens is 689 g/mol. The van der Waals surface area contributed by atoms with Crippen LogP contribution in [0, 0.1) is 33.5 Å². The normalized spacial score (nSPS) is 10.5. The second kappa shape index (κ2) is 16.5. The highest BCUT2D eigenvalue weighted by Gasteiger charge is 2.15. The van der Waals surface area contributed by atoms with Crippen molar-refractivity contribution in [1.82, 2.24) is 9.97 Å². The zero-order valence-electron chi connectivity index (χ0n) is 30.2. The molecule has 0 atom stereocenters. The summed E-state index contributed by atoms with van der Waals surface area (Å²) in [5.41, 5.74) is 14.7. The van der Waals surface area contributed by atoms with E-state index in [1.807, 2.05) is 52.0 Å². The molecule has 4 aromatic carbocycles. The first-order valence-electron chi connectivity index (χ1n) is 16.6. The maximum atomic E-state index is 13.7. The number of rotatable bonds is 10. The van der Waals surface area contributed by atoms with Crippen LogP contribution in [0.1, 0.15) is 53.3 Å². The predicted molar refractivity (Wildman–Crippen MR) is 207 cm³/mol. The number of benzene rings is 4. The van der Waals surface area contributed by atoms with Gasteiger partial charge in [-0.25, -0.2) is 14.0 Å². The van der Waals surface area contributed by atoms with Crippen LogP contribution >= 0.6 is 0 Å². The molecule has 2 aromatic heterocycles. The molecule has 0 saturated heterocycles. The number of aromatic carboxylic acids is 2. The van der Waals surface area contributed by atoms with Gasteiger partial charge in [0, 0.05) is 16.7 Å². The average Bonchev–Trinajstić information content (AvgIpc) is 3.13. The maximum absolute atomic E-state index is 13.7. The smallest absolute Gasteiger partial charge is 0.337 e. The number of hydrogen-bond acceptors (Lipinski definition) is 8. The fourth-order valence-electron chi connectivity index (χ4n) is 5.73. The van der Waals surface area contributed by atoms with Crippen LogP contribution in [-0.4, -0.2) is 45.1 Å². The standard InChI is InChI=1S/C21H19FN2O3.C21H19N3O3/c1-12-4-6-18(16(8-12)21(25)26)24-15-9-13(2)20(23-11-15)17-10-14(22)5-7-19(17)27-3;1-12-3-8-18(17(9-12)21(26)27)24-16-10-13(2)19(23-11-16)14-4-6-15(7-5-14)20(22)25/h4-11,24H,1-3H3,(H,25,26);3-11,24H,1-2H3,(H2,22,25)(H,26,27). The van der Waals surface area contributed by atoms with E-state index in [1.54, 1.807) is 67.0 Å². The number of nitrogens with one attached hydrogen (secondary N) is 2. The highest BCUT2D eigenvalue weighted by Crippen LogP contribution is 2.33. The lowest BCUT2D eigenvalue weighted by Gasteiger charge is -2.14. The van der Waals surface area contributed by atoms with Crippen molar-refractivity contribution in [2.45, 2.75) is 27.7 Å². The number of hydrogen-bond donors (Lipinski definition) is 5. The Hall–Kier alpha value is -7.08. The van der Waals surface area contributed by atoms with Crippen LogP contribution in [0.5, 0.6) is 5.75 Å². The summed E-state index contributed by atoms with van der Waals surface area (Å²) < 4.78 is 19.0. The largest absolute Gasteiger partial charge is 0.496 e. The van der Waals surface area contributed by atoms with Gasteiger partial charge in [-0.3, -0.25) is 14.8 Å². The second-order valence-electron chi connectivity index (χ2n) is 12.5. The van der Waals surface area contributed by atoms with Crippen molar-refractivity contribution in [2.24, 2.45) is 5.73 Å². The number of primary amides is 1. The molecule has 0 saturated carbocycles. The van der Waals surface area contributed by atoms with Gasteiger partial charge >= 0.3 is 11.9 Å². The number of aromatic nitrogens is 2. The topological polar surface area (TPSA) is 177 Å². The van der Waals surface area contributed by atoms with E-state index in [9.17, 15) is 29.0 Å². The fourth-order valence-corrected chi connectivity index (χ4v) is 5.73. The number of anilines is 4. The summed E-state index contributed by atoms with van der Waals surface area (Å²) in [5, 5.41) is 25.0. The van der Waals surface area contributed by atoms with E-state index in [0.717, 1.165) is 33.5 Å². The first-order chi connectivity index (χ1) is 25.7.